The van der Waals surface area contributed by atoms with Crippen molar-refractivity contribution in [3.63, 3.8) is 0 Å². The summed E-state index contributed by atoms with van der Waals surface area (Å²) in [6.07, 6.45) is 1.69. The maximum atomic E-state index is 10.5. The van der Waals surface area contributed by atoms with Crippen molar-refractivity contribution in [1.29, 1.82) is 0 Å². The van der Waals surface area contributed by atoms with Crippen LogP contribution in [0.2, 0.25) is 0 Å². The van der Waals surface area contributed by atoms with Gasteiger partial charge in [0.05, 0.1) is 5.52 Å². The normalized spacial score (nSPS) is 12.9. The van der Waals surface area contributed by atoms with Crippen LogP contribution in [0.3, 0.4) is 0 Å². The molecule has 0 saturated heterocycles. The van der Waals surface area contributed by atoms with Crippen molar-refractivity contribution >= 4 is 22.0 Å². The zero-order chi connectivity index (χ0) is 9.97. The number of nitrogens with zero attached hydrogens (tertiary/aromatic N) is 1. The molecule has 72 valence electrons. The molecule has 14 heavy (non-hydrogen) atoms. The van der Waals surface area contributed by atoms with Gasteiger partial charge in [-0.2, -0.15) is 0 Å². The van der Waals surface area contributed by atoms with Crippen LogP contribution in [0.25, 0.3) is 10.9 Å². The number of benzene rings is 1. The first-order valence-corrected chi connectivity index (χ1v) is 5.39. The van der Waals surface area contributed by atoms with E-state index >= 15 is 0 Å². The molecule has 0 radical (unpaired) electrons. The zero-order valence-corrected chi connectivity index (χ0v) is 8.16. The van der Waals surface area contributed by atoms with Crippen LogP contribution in [-0.2, 0) is 16.8 Å². The van der Waals surface area contributed by atoms with E-state index in [1.807, 2.05) is 18.2 Å². The fourth-order valence-corrected chi connectivity index (χ4v) is 1.79. The highest BCUT2D eigenvalue weighted by molar-refractivity contribution is 7.78. The van der Waals surface area contributed by atoms with Crippen LogP contribution in [0.1, 0.15) is 5.56 Å². The first-order chi connectivity index (χ1) is 6.75. The van der Waals surface area contributed by atoms with E-state index in [0.29, 0.717) is 0 Å². The molecule has 0 aliphatic rings. The van der Waals surface area contributed by atoms with E-state index in [0.717, 1.165) is 16.5 Å². The van der Waals surface area contributed by atoms with Crippen LogP contribution in [-0.4, -0.2) is 13.7 Å². The van der Waals surface area contributed by atoms with E-state index < -0.39 is 11.1 Å². The Hall–Kier alpha value is -1.26. The second kappa shape index (κ2) is 3.86. The van der Waals surface area contributed by atoms with Crippen molar-refractivity contribution in [2.75, 3.05) is 0 Å². The van der Waals surface area contributed by atoms with E-state index in [4.69, 9.17) is 0 Å². The lowest BCUT2D eigenvalue weighted by atomic mass is 10.1. The Bertz CT molecular complexity index is 484. The number of pyridine rings is 1. The highest BCUT2D eigenvalue weighted by Gasteiger charge is 1.96. The van der Waals surface area contributed by atoms with Crippen LogP contribution in [0.4, 0.5) is 0 Å². The molecule has 4 heteroatoms. The molecule has 1 aromatic heterocycles. The minimum atomic E-state index is -2.04. The van der Waals surface area contributed by atoms with Crippen molar-refractivity contribution in [3.05, 3.63) is 42.1 Å². The maximum Gasteiger partial charge on any atom is 0.0704 e. The minimum absolute atomic E-state index is 0.0481. The third-order valence-corrected chi connectivity index (χ3v) is 2.52. The monoisotopic (exact) mass is 206 g/mol. The highest BCUT2D eigenvalue weighted by atomic mass is 32.2. The lowest BCUT2D eigenvalue weighted by Crippen LogP contribution is -1.93. The maximum absolute atomic E-state index is 10.5. The molecule has 0 bridgehead atoms. The van der Waals surface area contributed by atoms with E-state index in [1.54, 1.807) is 18.3 Å². The topological polar surface area (TPSA) is 53.0 Å². The van der Waals surface area contributed by atoms with Crippen LogP contribution >= 0.6 is 0 Å². The second-order valence-corrected chi connectivity index (χ2v) is 3.87. The predicted octanol–water partition coefficient (Wildman–Crippen LogP) is 1.61. The average Bonchev–Trinajstić information content (AvgIpc) is 2.17. The largest absolute Gasteiger partial charge is 0.772 e. The van der Waals surface area contributed by atoms with Gasteiger partial charge in [0.2, 0.25) is 0 Å². The number of aromatic nitrogens is 1. The van der Waals surface area contributed by atoms with Crippen LogP contribution in [0, 0.1) is 0 Å². The summed E-state index contributed by atoms with van der Waals surface area (Å²) in [5.74, 6) is 0.0481. The van der Waals surface area contributed by atoms with E-state index in [1.165, 1.54) is 0 Å². The fourth-order valence-electron chi connectivity index (χ4n) is 1.34. The van der Waals surface area contributed by atoms with Crippen molar-refractivity contribution < 1.29 is 8.76 Å². The molecule has 0 amide bonds. The average molecular weight is 206 g/mol. The van der Waals surface area contributed by atoms with Crippen molar-refractivity contribution in [3.8, 4) is 0 Å². The molecule has 3 nitrogen and oxygen atoms in total. The molecular formula is C10H8NO2S-. The van der Waals surface area contributed by atoms with E-state index in [2.05, 4.69) is 4.98 Å². The van der Waals surface area contributed by atoms with Crippen LogP contribution in [0.5, 0.6) is 0 Å². The second-order valence-electron chi connectivity index (χ2n) is 2.98. The summed E-state index contributed by atoms with van der Waals surface area (Å²) in [5, 5.41) is 1.02. The van der Waals surface area contributed by atoms with Crippen molar-refractivity contribution in [1.82, 2.24) is 4.98 Å². The van der Waals surface area contributed by atoms with Gasteiger partial charge in [-0.15, -0.1) is 0 Å². The third kappa shape index (κ3) is 1.97. The van der Waals surface area contributed by atoms with Crippen LogP contribution < -0.4 is 0 Å². The van der Waals surface area contributed by atoms with Gasteiger partial charge < -0.3 is 4.55 Å². The number of hydrogen-bond acceptors (Lipinski definition) is 3. The third-order valence-electron chi connectivity index (χ3n) is 1.95. The summed E-state index contributed by atoms with van der Waals surface area (Å²) in [7, 11) is 0. The summed E-state index contributed by atoms with van der Waals surface area (Å²) in [5.41, 5.74) is 1.60. The Labute approximate surface area is 84.1 Å². The van der Waals surface area contributed by atoms with Crippen molar-refractivity contribution in [2.24, 2.45) is 0 Å². The van der Waals surface area contributed by atoms with E-state index in [9.17, 15) is 8.76 Å². The molecule has 2 aromatic rings. The first-order valence-electron chi connectivity index (χ1n) is 4.15. The summed E-state index contributed by atoms with van der Waals surface area (Å²) in [6.45, 7) is 0. The summed E-state index contributed by atoms with van der Waals surface area (Å²) in [4.78, 5) is 4.15. The molecular weight excluding hydrogens is 198 g/mol. The van der Waals surface area contributed by atoms with Gasteiger partial charge in [-0.05, 0) is 17.7 Å². The Kier molecular flexibility index (Phi) is 2.56. The Balaban J connectivity index is 2.46. The molecule has 1 unspecified atom stereocenters. The van der Waals surface area contributed by atoms with Gasteiger partial charge in [0.25, 0.3) is 0 Å². The van der Waals surface area contributed by atoms with Gasteiger partial charge in [0.1, 0.15) is 0 Å². The fraction of sp³-hybridized carbons (Fsp3) is 0.100. The molecule has 0 saturated carbocycles. The molecule has 1 atom stereocenters. The van der Waals surface area contributed by atoms with Gasteiger partial charge in [0, 0.05) is 17.3 Å². The lowest BCUT2D eigenvalue weighted by molar-refractivity contribution is 0.536. The minimum Gasteiger partial charge on any atom is -0.772 e. The molecule has 0 fully saturated rings. The summed E-state index contributed by atoms with van der Waals surface area (Å²) in [6, 6.07) is 9.28. The van der Waals surface area contributed by atoms with Crippen LogP contribution in [0.15, 0.2) is 36.5 Å². The molecule has 1 aromatic carbocycles. The lowest BCUT2D eigenvalue weighted by Gasteiger charge is -2.05. The van der Waals surface area contributed by atoms with E-state index in [-0.39, 0.29) is 5.75 Å². The molecule has 1 heterocycles. The number of hydrogen-bond donors (Lipinski definition) is 0. The molecule has 0 aliphatic heterocycles. The van der Waals surface area contributed by atoms with Gasteiger partial charge in [-0.3, -0.25) is 9.19 Å². The standard InChI is InChI=1S/C10H9NO2S/c12-14(13)7-8-3-4-9-2-1-5-11-10(9)6-8/h1-6H,7H2,(H,12,13)/p-1. The Morgan fingerprint density at radius 2 is 2.21 bits per heavy atom. The number of rotatable bonds is 2. The molecule has 0 N–H and O–H groups in total. The smallest absolute Gasteiger partial charge is 0.0704 e. The molecule has 2 rings (SSSR count). The van der Waals surface area contributed by atoms with Gasteiger partial charge in [-0.1, -0.05) is 29.3 Å². The van der Waals surface area contributed by atoms with Gasteiger partial charge in [-0.25, -0.2) is 0 Å². The van der Waals surface area contributed by atoms with Gasteiger partial charge in [0.15, 0.2) is 0 Å². The SMILES string of the molecule is O=S([O-])Cc1ccc2cccnc2c1. The summed E-state index contributed by atoms with van der Waals surface area (Å²) >= 11 is -2.04. The first kappa shape index (κ1) is 9.30. The Morgan fingerprint density at radius 3 is 3.00 bits per heavy atom. The molecule has 0 aliphatic carbocycles. The van der Waals surface area contributed by atoms with Crippen molar-refractivity contribution in [2.45, 2.75) is 5.75 Å². The quantitative estimate of drug-likeness (QED) is 0.701. The van der Waals surface area contributed by atoms with Gasteiger partial charge >= 0.3 is 0 Å². The summed E-state index contributed by atoms with van der Waals surface area (Å²) < 4.78 is 21.0. The Morgan fingerprint density at radius 1 is 1.36 bits per heavy atom. The molecule has 0 spiro atoms. The predicted molar refractivity (Wildman–Crippen MR) is 54.4 cm³/mol. The zero-order valence-electron chi connectivity index (χ0n) is 7.34. The highest BCUT2D eigenvalue weighted by Crippen LogP contribution is 2.13. The number of fused-ring (bicyclic) bond motifs is 1.